The highest BCUT2D eigenvalue weighted by Gasteiger charge is 2.37. The van der Waals surface area contributed by atoms with E-state index in [2.05, 4.69) is 226 Å². The minimum atomic E-state index is 0.0760. The summed E-state index contributed by atoms with van der Waals surface area (Å²) in [7, 11) is 0. The van der Waals surface area contributed by atoms with Crippen LogP contribution >= 0.6 is 11.3 Å². The van der Waals surface area contributed by atoms with Crippen molar-refractivity contribution in [3.05, 3.63) is 214 Å². The first-order chi connectivity index (χ1) is 28.8. The number of benzene rings is 8. The number of fused-ring (bicyclic) bond motifs is 9. The molecule has 11 rings (SSSR count). The van der Waals surface area contributed by atoms with Gasteiger partial charge in [-0.1, -0.05) is 196 Å². The van der Waals surface area contributed by atoms with Crippen LogP contribution in [0.25, 0.3) is 64.7 Å². The van der Waals surface area contributed by atoms with Gasteiger partial charge in [0.25, 0.3) is 0 Å². The molecule has 1 heterocycles. The molecule has 0 amide bonds. The fourth-order valence-corrected chi connectivity index (χ4v) is 11.1. The molecule has 1 heteroatoms. The first-order valence-corrected chi connectivity index (χ1v) is 22.2. The van der Waals surface area contributed by atoms with Gasteiger partial charge in [-0.25, -0.2) is 0 Å². The lowest BCUT2D eigenvalue weighted by atomic mass is 9.81. The van der Waals surface area contributed by atoms with E-state index in [-0.39, 0.29) is 10.8 Å². The van der Waals surface area contributed by atoms with E-state index in [0.29, 0.717) is 0 Å². The number of hydrogen-bond donors (Lipinski definition) is 0. The summed E-state index contributed by atoms with van der Waals surface area (Å²) in [5.41, 5.74) is 23.8. The molecule has 8 aromatic carbocycles. The van der Waals surface area contributed by atoms with Gasteiger partial charge in [-0.05, 0) is 125 Å². The van der Waals surface area contributed by atoms with Crippen LogP contribution in [0.1, 0.15) is 77.8 Å². The molecule has 296 valence electrons. The van der Waals surface area contributed by atoms with E-state index in [0.717, 1.165) is 0 Å². The van der Waals surface area contributed by atoms with Crippen molar-refractivity contribution in [2.45, 2.75) is 73.1 Å². The molecule has 0 saturated heterocycles. The van der Waals surface area contributed by atoms with Crippen LogP contribution in [0.3, 0.4) is 0 Å². The molecule has 60 heavy (non-hydrogen) atoms. The highest BCUT2D eigenvalue weighted by atomic mass is 32.1. The van der Waals surface area contributed by atoms with Gasteiger partial charge in [-0.3, -0.25) is 0 Å². The molecule has 0 radical (unpaired) electrons. The zero-order valence-electron chi connectivity index (χ0n) is 36.5. The van der Waals surface area contributed by atoms with E-state index in [1.54, 1.807) is 0 Å². The van der Waals surface area contributed by atoms with Crippen LogP contribution < -0.4 is 0 Å². The molecule has 0 saturated carbocycles. The third-order valence-corrected chi connectivity index (χ3v) is 14.3. The van der Waals surface area contributed by atoms with Crippen LogP contribution in [0.4, 0.5) is 0 Å². The normalized spacial score (nSPS) is 13.7. The van der Waals surface area contributed by atoms with Gasteiger partial charge in [0.2, 0.25) is 0 Å². The Morgan fingerprint density at radius 3 is 1.75 bits per heavy atom. The number of aryl methyl sites for hydroxylation is 5. The van der Waals surface area contributed by atoms with Gasteiger partial charge >= 0.3 is 0 Å². The molecule has 0 N–H and O–H groups in total. The van der Waals surface area contributed by atoms with E-state index in [1.807, 2.05) is 11.3 Å². The standard InChI is InChI=1S/C24H24.C19H14S.C16H16/c1-15-7-6-8-18(12-15)19-9-10-21-20(14-19)23-17(3)11-16(2)13-22(23)24(21,4)5;1-13-9-11-14(12-10-13)15-6-4-7-17-16-5-2-3-8-18(16)20-19(15)17;1-11-7-6-10-14-15(11)12-8-4-5-9-13(12)16(14,2)3/h6-14H,1-5H3;2-12H,1H3;4-10H,1-3H3. The first-order valence-electron chi connectivity index (χ1n) is 21.3. The van der Waals surface area contributed by atoms with Gasteiger partial charge in [0, 0.05) is 31.0 Å². The predicted octanol–water partition coefficient (Wildman–Crippen LogP) is 16.9. The summed E-state index contributed by atoms with van der Waals surface area (Å²) in [5.74, 6) is 0. The largest absolute Gasteiger partial charge is 0.135 e. The highest BCUT2D eigenvalue weighted by molar-refractivity contribution is 7.26. The zero-order valence-corrected chi connectivity index (χ0v) is 37.3. The average Bonchev–Trinajstić information content (AvgIpc) is 3.82. The molecule has 0 spiro atoms. The monoisotopic (exact) mass is 794 g/mol. The molecule has 0 aliphatic heterocycles. The molecule has 0 fully saturated rings. The molecule has 0 bridgehead atoms. The van der Waals surface area contributed by atoms with E-state index < -0.39 is 0 Å². The van der Waals surface area contributed by atoms with Gasteiger partial charge in [-0.2, -0.15) is 0 Å². The van der Waals surface area contributed by atoms with Crippen LogP contribution in [0, 0.1) is 34.6 Å². The zero-order chi connectivity index (χ0) is 41.9. The minimum Gasteiger partial charge on any atom is -0.135 e. The van der Waals surface area contributed by atoms with E-state index >= 15 is 0 Å². The van der Waals surface area contributed by atoms with Crippen molar-refractivity contribution in [3.63, 3.8) is 0 Å². The highest BCUT2D eigenvalue weighted by Crippen LogP contribution is 2.52. The Bertz CT molecular complexity index is 3080. The molecular formula is C59H54S. The van der Waals surface area contributed by atoms with Crippen molar-refractivity contribution in [1.82, 2.24) is 0 Å². The Morgan fingerprint density at radius 2 is 0.950 bits per heavy atom. The van der Waals surface area contributed by atoms with Gasteiger partial charge in [0.1, 0.15) is 0 Å². The van der Waals surface area contributed by atoms with Crippen molar-refractivity contribution in [1.29, 1.82) is 0 Å². The molecule has 2 aliphatic rings. The predicted molar refractivity (Wildman–Crippen MR) is 262 cm³/mol. The van der Waals surface area contributed by atoms with Gasteiger partial charge in [0.15, 0.2) is 0 Å². The molecular weight excluding hydrogens is 741 g/mol. The summed E-state index contributed by atoms with van der Waals surface area (Å²) in [5, 5.41) is 2.73. The third kappa shape index (κ3) is 6.80. The molecule has 0 atom stereocenters. The molecule has 0 unspecified atom stereocenters. The Labute approximate surface area is 361 Å². The van der Waals surface area contributed by atoms with Crippen molar-refractivity contribution < 1.29 is 0 Å². The van der Waals surface area contributed by atoms with Crippen LogP contribution in [-0.2, 0) is 10.8 Å². The molecule has 1 aromatic heterocycles. The van der Waals surface area contributed by atoms with E-state index in [9.17, 15) is 0 Å². The Balaban J connectivity index is 0.000000118. The van der Waals surface area contributed by atoms with Gasteiger partial charge < -0.3 is 0 Å². The maximum absolute atomic E-state index is 2.39. The first kappa shape index (κ1) is 39.4. The average molecular weight is 795 g/mol. The number of rotatable bonds is 2. The fraction of sp³-hybridized carbons (Fsp3) is 0.186. The molecule has 2 aliphatic carbocycles. The van der Waals surface area contributed by atoms with Crippen molar-refractivity contribution in [3.8, 4) is 44.5 Å². The Morgan fingerprint density at radius 1 is 0.350 bits per heavy atom. The van der Waals surface area contributed by atoms with Gasteiger partial charge in [-0.15, -0.1) is 11.3 Å². The summed E-state index contributed by atoms with van der Waals surface area (Å²) in [6, 6.07) is 59.9. The lowest BCUT2D eigenvalue weighted by molar-refractivity contribution is 0.659. The minimum absolute atomic E-state index is 0.0760. The van der Waals surface area contributed by atoms with E-state index in [4.69, 9.17) is 0 Å². The summed E-state index contributed by atoms with van der Waals surface area (Å²) in [6.07, 6.45) is 0. The summed E-state index contributed by atoms with van der Waals surface area (Å²) >= 11 is 1.89. The smallest absolute Gasteiger partial charge is 0.0433 e. The van der Waals surface area contributed by atoms with E-state index in [1.165, 1.54) is 115 Å². The summed E-state index contributed by atoms with van der Waals surface area (Å²) < 4.78 is 2.75. The van der Waals surface area contributed by atoms with Crippen molar-refractivity contribution in [2.24, 2.45) is 0 Å². The fourth-order valence-electron chi connectivity index (χ4n) is 9.91. The SMILES string of the molecule is Cc1ccc(-c2cccc3c2sc2ccccc23)cc1.Cc1cccc(-c2ccc3c(c2)-c2c(C)cc(C)cc2C3(C)C)c1.Cc1cccc2c1-c1ccccc1C2(C)C. The van der Waals surface area contributed by atoms with Crippen LogP contribution in [0.15, 0.2) is 164 Å². The van der Waals surface area contributed by atoms with Crippen LogP contribution in [0.5, 0.6) is 0 Å². The lowest BCUT2D eigenvalue weighted by Gasteiger charge is -2.22. The second-order valence-electron chi connectivity index (χ2n) is 18.1. The van der Waals surface area contributed by atoms with Gasteiger partial charge in [0.05, 0.1) is 0 Å². The Kier molecular flexibility index (Phi) is 10.0. The van der Waals surface area contributed by atoms with Crippen LogP contribution in [0.2, 0.25) is 0 Å². The third-order valence-electron chi connectivity index (χ3n) is 13.0. The summed E-state index contributed by atoms with van der Waals surface area (Å²) in [4.78, 5) is 0. The lowest BCUT2D eigenvalue weighted by Crippen LogP contribution is -2.15. The number of thiophene rings is 1. The molecule has 9 aromatic rings. The quantitative estimate of drug-likeness (QED) is 0.164. The van der Waals surface area contributed by atoms with Crippen molar-refractivity contribution in [2.75, 3.05) is 0 Å². The molecule has 0 nitrogen and oxygen atoms in total. The maximum Gasteiger partial charge on any atom is 0.0433 e. The maximum atomic E-state index is 2.39. The topological polar surface area (TPSA) is 0 Å². The van der Waals surface area contributed by atoms with Crippen molar-refractivity contribution >= 4 is 31.5 Å². The second kappa shape index (κ2) is 15.2. The number of hydrogen-bond acceptors (Lipinski definition) is 1. The van der Waals surface area contributed by atoms with Crippen LogP contribution in [-0.4, -0.2) is 0 Å². The summed E-state index contributed by atoms with van der Waals surface area (Å²) in [6.45, 7) is 20.3. The second-order valence-corrected chi connectivity index (χ2v) is 19.1. The Hall–Kier alpha value is -6.02.